The Morgan fingerprint density at radius 2 is 1.71 bits per heavy atom. The quantitative estimate of drug-likeness (QED) is 0.315. The van der Waals surface area contributed by atoms with Crippen molar-refractivity contribution in [2.24, 2.45) is 17.8 Å². The average molecular weight is 454 g/mol. The van der Waals surface area contributed by atoms with E-state index in [0.717, 1.165) is 0 Å². The third kappa shape index (κ3) is 5.05. The molecule has 4 atom stereocenters. The summed E-state index contributed by atoms with van der Waals surface area (Å²) in [4.78, 5) is 39.0. The molecule has 0 aromatic rings. The fourth-order valence-corrected chi connectivity index (χ4v) is 5.44. The molecule has 176 valence electrons. The van der Waals surface area contributed by atoms with Gasteiger partial charge in [0.2, 0.25) is 5.91 Å². The molecule has 0 radical (unpaired) electrons. The highest BCUT2D eigenvalue weighted by atomic mass is 28.4. The first-order valence-electron chi connectivity index (χ1n) is 11.1. The van der Waals surface area contributed by atoms with E-state index >= 15 is 0 Å². The molecular formula is C23H39NO6Si. The van der Waals surface area contributed by atoms with Crippen LogP contribution in [0.5, 0.6) is 0 Å². The van der Waals surface area contributed by atoms with Gasteiger partial charge in [0.25, 0.3) is 0 Å². The number of fused-ring (bicyclic) bond motifs is 1. The van der Waals surface area contributed by atoms with Crippen molar-refractivity contribution in [3.63, 3.8) is 0 Å². The summed E-state index contributed by atoms with van der Waals surface area (Å²) in [5, 5.41) is 0.0274. The molecule has 1 fully saturated rings. The highest BCUT2D eigenvalue weighted by Crippen LogP contribution is 2.49. The van der Waals surface area contributed by atoms with Crippen molar-refractivity contribution in [3.8, 4) is 0 Å². The lowest BCUT2D eigenvalue weighted by Crippen LogP contribution is -2.65. The van der Waals surface area contributed by atoms with Crippen LogP contribution in [0.15, 0.2) is 11.3 Å². The van der Waals surface area contributed by atoms with E-state index in [0.29, 0.717) is 5.57 Å². The zero-order chi connectivity index (χ0) is 23.9. The lowest BCUT2D eigenvalue weighted by molar-refractivity contribution is -0.163. The zero-order valence-electron chi connectivity index (χ0n) is 20.7. The van der Waals surface area contributed by atoms with E-state index in [1.165, 1.54) is 6.92 Å². The summed E-state index contributed by atoms with van der Waals surface area (Å²) in [5.41, 5.74) is 0.879. The van der Waals surface area contributed by atoms with Gasteiger partial charge >= 0.3 is 11.9 Å². The second-order valence-electron chi connectivity index (χ2n) is 10.7. The Labute approximate surface area is 187 Å². The second-order valence-corrected chi connectivity index (χ2v) is 15.5. The molecule has 0 spiro atoms. The van der Waals surface area contributed by atoms with Crippen molar-refractivity contribution in [3.05, 3.63) is 11.3 Å². The molecule has 0 N–H and O–H groups in total. The lowest BCUT2D eigenvalue weighted by atomic mass is 9.78. The summed E-state index contributed by atoms with van der Waals surface area (Å²) in [6.07, 6.45) is -0.266. The molecule has 0 bridgehead atoms. The number of hydrogen-bond acceptors (Lipinski definition) is 6. The molecule has 2 heterocycles. The molecule has 0 aromatic carbocycles. The van der Waals surface area contributed by atoms with Crippen LogP contribution in [0.1, 0.15) is 55.4 Å². The fourth-order valence-electron chi connectivity index (χ4n) is 4.02. The molecule has 2 aliphatic rings. The van der Waals surface area contributed by atoms with Crippen molar-refractivity contribution in [1.29, 1.82) is 0 Å². The van der Waals surface area contributed by atoms with Crippen LogP contribution in [0.3, 0.4) is 0 Å². The van der Waals surface area contributed by atoms with Gasteiger partial charge in [-0.15, -0.1) is 0 Å². The highest BCUT2D eigenvalue weighted by molar-refractivity contribution is 6.74. The summed E-state index contributed by atoms with van der Waals surface area (Å²) >= 11 is 0. The van der Waals surface area contributed by atoms with Gasteiger partial charge in [0.1, 0.15) is 12.3 Å². The summed E-state index contributed by atoms with van der Waals surface area (Å²) in [5.74, 6) is -1.39. The van der Waals surface area contributed by atoms with Gasteiger partial charge < -0.3 is 18.8 Å². The smallest absolute Gasteiger partial charge is 0.355 e. The average Bonchev–Trinajstić information content (AvgIpc) is 2.85. The number of ether oxygens (including phenoxy) is 2. The first-order chi connectivity index (χ1) is 14.1. The predicted octanol–water partition coefficient (Wildman–Crippen LogP) is 3.89. The van der Waals surface area contributed by atoms with Gasteiger partial charge in [-0.3, -0.25) is 9.59 Å². The van der Waals surface area contributed by atoms with Gasteiger partial charge in [0.05, 0.1) is 24.7 Å². The van der Waals surface area contributed by atoms with Crippen LogP contribution in [0.2, 0.25) is 18.1 Å². The van der Waals surface area contributed by atoms with Gasteiger partial charge in [-0.05, 0) is 31.0 Å². The third-order valence-electron chi connectivity index (χ3n) is 6.76. The van der Waals surface area contributed by atoms with Crippen LogP contribution in [0, 0.1) is 17.8 Å². The maximum atomic E-state index is 13.2. The number of nitrogens with zero attached hydrogens (tertiary/aromatic N) is 1. The van der Waals surface area contributed by atoms with Crippen LogP contribution in [-0.4, -0.2) is 56.4 Å². The van der Waals surface area contributed by atoms with Gasteiger partial charge in [0.15, 0.2) is 8.32 Å². The highest BCUT2D eigenvalue weighted by Gasteiger charge is 2.61. The molecule has 0 aromatic heterocycles. The molecule has 0 aliphatic carbocycles. The molecule has 1 amide bonds. The van der Waals surface area contributed by atoms with Gasteiger partial charge in [-0.25, -0.2) is 4.79 Å². The number of carbonyl (C=O) groups is 3. The summed E-state index contributed by atoms with van der Waals surface area (Å²) in [6.45, 7) is 20.2. The van der Waals surface area contributed by atoms with Crippen LogP contribution >= 0.6 is 0 Å². The summed E-state index contributed by atoms with van der Waals surface area (Å²) in [6, 6.07) is -0.195. The Morgan fingerprint density at radius 3 is 2.19 bits per heavy atom. The van der Waals surface area contributed by atoms with E-state index in [4.69, 9.17) is 13.9 Å². The van der Waals surface area contributed by atoms with Crippen molar-refractivity contribution in [1.82, 2.24) is 4.90 Å². The van der Waals surface area contributed by atoms with Gasteiger partial charge in [-0.2, -0.15) is 0 Å². The van der Waals surface area contributed by atoms with Crippen molar-refractivity contribution >= 4 is 26.2 Å². The van der Waals surface area contributed by atoms with Gasteiger partial charge in [0, 0.05) is 18.4 Å². The first-order valence-corrected chi connectivity index (χ1v) is 14.1. The van der Waals surface area contributed by atoms with E-state index in [2.05, 4.69) is 33.9 Å². The molecule has 7 nitrogen and oxygen atoms in total. The SMILES string of the molecule is CC(=O)OCC1=C(C(=O)OCC(C)C)N2C(=O)[C@H]([C@@H](C)O[Si](C)(C)C(C)(C)C)C2[C@H]1C. The molecule has 2 rings (SSSR count). The monoisotopic (exact) mass is 453 g/mol. The van der Waals surface area contributed by atoms with Crippen molar-refractivity contribution < 1.29 is 28.3 Å². The predicted molar refractivity (Wildman–Crippen MR) is 120 cm³/mol. The minimum atomic E-state index is -2.07. The second kappa shape index (κ2) is 9.06. The number of carbonyl (C=O) groups excluding carboxylic acids is 3. The molecule has 1 unspecified atom stereocenters. The Bertz CT molecular complexity index is 767. The first kappa shape index (κ1) is 25.6. The normalized spacial score (nSPS) is 24.8. The topological polar surface area (TPSA) is 82.1 Å². The van der Waals surface area contributed by atoms with E-state index < -0.39 is 20.3 Å². The number of amides is 1. The van der Waals surface area contributed by atoms with Crippen LogP contribution < -0.4 is 0 Å². The third-order valence-corrected chi connectivity index (χ3v) is 11.3. The molecular weight excluding hydrogens is 414 g/mol. The Kier molecular flexibility index (Phi) is 7.48. The minimum Gasteiger partial charge on any atom is -0.461 e. The molecule has 2 aliphatic heterocycles. The van der Waals surface area contributed by atoms with Crippen molar-refractivity contribution in [2.45, 2.75) is 85.7 Å². The minimum absolute atomic E-state index is 0.0207. The maximum absolute atomic E-state index is 13.2. The van der Waals surface area contributed by atoms with Gasteiger partial charge in [-0.1, -0.05) is 41.5 Å². The van der Waals surface area contributed by atoms with E-state index in [9.17, 15) is 14.4 Å². The van der Waals surface area contributed by atoms with Crippen LogP contribution in [-0.2, 0) is 28.3 Å². The molecule has 0 saturated carbocycles. The largest absolute Gasteiger partial charge is 0.461 e. The number of esters is 2. The Balaban J connectivity index is 2.29. The fraction of sp³-hybridized carbons (Fsp3) is 0.783. The Morgan fingerprint density at radius 1 is 1.13 bits per heavy atom. The van der Waals surface area contributed by atoms with E-state index in [1.807, 2.05) is 27.7 Å². The lowest BCUT2D eigenvalue weighted by Gasteiger charge is -2.50. The van der Waals surface area contributed by atoms with Crippen LogP contribution in [0.25, 0.3) is 0 Å². The Hall–Kier alpha value is -1.67. The zero-order valence-corrected chi connectivity index (χ0v) is 21.7. The maximum Gasteiger partial charge on any atom is 0.355 e. The standard InChI is InChI=1S/C23H39NO6Si/c1-13(2)11-29-22(27)20-17(12-28-16(5)25)14(3)19-18(21(26)24(19)20)15(4)30-31(9,10)23(6,7)8/h13-15,18-19H,11-12H2,1-10H3/t14-,15+,18+,19?/m0/s1. The summed E-state index contributed by atoms with van der Waals surface area (Å²) < 4.78 is 17.2. The number of β-lactam (4-membered cyclic amide) rings is 1. The van der Waals surface area contributed by atoms with E-state index in [1.54, 1.807) is 4.90 Å². The van der Waals surface area contributed by atoms with Crippen LogP contribution in [0.4, 0.5) is 0 Å². The number of rotatable bonds is 8. The molecule has 31 heavy (non-hydrogen) atoms. The van der Waals surface area contributed by atoms with E-state index in [-0.39, 0.29) is 59.8 Å². The summed E-state index contributed by atoms with van der Waals surface area (Å²) in [7, 11) is -2.07. The molecule has 8 heteroatoms. The molecule has 1 saturated heterocycles. The number of hydrogen-bond donors (Lipinski definition) is 0. The van der Waals surface area contributed by atoms with Crippen molar-refractivity contribution in [2.75, 3.05) is 13.2 Å².